The summed E-state index contributed by atoms with van der Waals surface area (Å²) in [4.78, 5) is 10.3. The summed E-state index contributed by atoms with van der Waals surface area (Å²) >= 11 is 0. The second kappa shape index (κ2) is 8.39. The topological polar surface area (TPSA) is 71.2 Å². The lowest BCUT2D eigenvalue weighted by molar-refractivity contribution is -0.137. The SMILES string of the molecule is O=C(O)CCCCCCCCOc1cccc(C2N=N2)c1. The molecule has 1 aromatic rings. The third kappa shape index (κ3) is 6.38. The molecule has 0 aromatic heterocycles. The maximum absolute atomic E-state index is 10.3. The zero-order valence-electron chi connectivity index (χ0n) is 12.2. The molecule has 0 saturated heterocycles. The second-order valence-electron chi connectivity index (χ2n) is 5.29. The van der Waals surface area contributed by atoms with Crippen molar-refractivity contribution in [1.82, 2.24) is 0 Å². The van der Waals surface area contributed by atoms with Crippen LogP contribution in [0.4, 0.5) is 0 Å². The van der Waals surface area contributed by atoms with Crippen LogP contribution in [0.1, 0.15) is 56.7 Å². The quantitative estimate of drug-likeness (QED) is 0.616. The van der Waals surface area contributed by atoms with Crippen LogP contribution in [-0.2, 0) is 4.79 Å². The zero-order valence-corrected chi connectivity index (χ0v) is 12.2. The van der Waals surface area contributed by atoms with Gasteiger partial charge >= 0.3 is 5.97 Å². The van der Waals surface area contributed by atoms with Gasteiger partial charge in [-0.3, -0.25) is 4.79 Å². The smallest absolute Gasteiger partial charge is 0.303 e. The van der Waals surface area contributed by atoms with Crippen LogP contribution in [0, 0.1) is 0 Å². The highest BCUT2D eigenvalue weighted by molar-refractivity contribution is 5.66. The highest BCUT2D eigenvalue weighted by Crippen LogP contribution is 2.32. The minimum Gasteiger partial charge on any atom is -0.494 e. The van der Waals surface area contributed by atoms with E-state index in [0.29, 0.717) is 6.42 Å². The van der Waals surface area contributed by atoms with Gasteiger partial charge in [0.05, 0.1) is 6.61 Å². The summed E-state index contributed by atoms with van der Waals surface area (Å²) in [6, 6.07) is 7.93. The maximum atomic E-state index is 10.3. The minimum atomic E-state index is -0.697. The van der Waals surface area contributed by atoms with Crippen LogP contribution in [0.15, 0.2) is 34.5 Å². The fourth-order valence-electron chi connectivity index (χ4n) is 2.21. The van der Waals surface area contributed by atoms with Crippen molar-refractivity contribution in [3.8, 4) is 5.75 Å². The van der Waals surface area contributed by atoms with Gasteiger partial charge in [-0.15, -0.1) is 0 Å². The number of carboxylic acids is 1. The third-order valence-electron chi connectivity index (χ3n) is 3.44. The number of rotatable bonds is 11. The van der Waals surface area contributed by atoms with E-state index in [1.54, 1.807) is 0 Å². The fourth-order valence-corrected chi connectivity index (χ4v) is 2.21. The van der Waals surface area contributed by atoms with E-state index in [2.05, 4.69) is 10.2 Å². The summed E-state index contributed by atoms with van der Waals surface area (Å²) in [6.45, 7) is 0.720. The summed E-state index contributed by atoms with van der Waals surface area (Å²) in [5, 5.41) is 16.3. The van der Waals surface area contributed by atoms with E-state index in [9.17, 15) is 4.79 Å². The average molecular weight is 290 g/mol. The second-order valence-corrected chi connectivity index (χ2v) is 5.29. The van der Waals surface area contributed by atoms with Crippen LogP contribution < -0.4 is 4.74 Å². The molecule has 114 valence electrons. The van der Waals surface area contributed by atoms with Crippen LogP contribution in [0.5, 0.6) is 5.75 Å². The van der Waals surface area contributed by atoms with E-state index < -0.39 is 5.97 Å². The Balaban J connectivity index is 1.48. The molecule has 0 radical (unpaired) electrons. The summed E-state index contributed by atoms with van der Waals surface area (Å²) in [6.07, 6.45) is 6.51. The zero-order chi connectivity index (χ0) is 14.9. The Labute approximate surface area is 125 Å². The summed E-state index contributed by atoms with van der Waals surface area (Å²) < 4.78 is 5.72. The van der Waals surface area contributed by atoms with Gasteiger partial charge in [0.15, 0.2) is 0 Å². The molecule has 0 amide bonds. The number of carbonyl (C=O) groups is 1. The molecule has 5 nitrogen and oxygen atoms in total. The van der Waals surface area contributed by atoms with Crippen LogP contribution in [0.3, 0.4) is 0 Å². The Morgan fingerprint density at radius 3 is 2.52 bits per heavy atom. The normalized spacial score (nSPS) is 13.3. The van der Waals surface area contributed by atoms with Gasteiger partial charge < -0.3 is 9.84 Å². The number of unbranched alkanes of at least 4 members (excludes halogenated alkanes) is 5. The molecule has 0 saturated carbocycles. The molecule has 5 heteroatoms. The molecule has 0 spiro atoms. The molecule has 0 fully saturated rings. The standard InChI is InChI=1S/C16H22N2O3/c19-15(20)10-5-3-1-2-4-6-11-21-14-9-7-8-13(12-14)16-17-18-16/h7-9,12,16H,1-6,10-11H2,(H,19,20). The number of hydrogen-bond acceptors (Lipinski definition) is 4. The van der Waals surface area contributed by atoms with Crippen molar-refractivity contribution in [3.05, 3.63) is 29.8 Å². The summed E-state index contributed by atoms with van der Waals surface area (Å²) in [7, 11) is 0. The molecule has 0 unspecified atom stereocenters. The van der Waals surface area contributed by atoms with Gasteiger partial charge in [0.1, 0.15) is 5.75 Å². The van der Waals surface area contributed by atoms with E-state index in [4.69, 9.17) is 9.84 Å². The van der Waals surface area contributed by atoms with Gasteiger partial charge in [-0.05, 0) is 25.0 Å². The molecule has 1 aliphatic heterocycles. The Kier molecular flexibility index (Phi) is 6.19. The molecule has 21 heavy (non-hydrogen) atoms. The van der Waals surface area contributed by atoms with E-state index in [-0.39, 0.29) is 6.17 Å². The minimum absolute atomic E-state index is 0.0272. The summed E-state index contributed by atoms with van der Waals surface area (Å²) in [5.74, 6) is 0.184. The third-order valence-corrected chi connectivity index (χ3v) is 3.44. The van der Waals surface area contributed by atoms with Gasteiger partial charge in [-0.25, -0.2) is 0 Å². The van der Waals surface area contributed by atoms with Crippen molar-refractivity contribution in [2.75, 3.05) is 6.61 Å². The number of ether oxygens (including phenoxy) is 1. The predicted octanol–water partition coefficient (Wildman–Crippen LogP) is 4.35. The lowest BCUT2D eigenvalue weighted by Gasteiger charge is -2.07. The molecule has 1 aliphatic rings. The first-order valence-corrected chi connectivity index (χ1v) is 7.60. The van der Waals surface area contributed by atoms with Gasteiger partial charge in [0, 0.05) is 12.0 Å². The highest BCUT2D eigenvalue weighted by atomic mass is 16.5. The van der Waals surface area contributed by atoms with E-state index in [0.717, 1.165) is 56.4 Å². The molecule has 0 atom stereocenters. The van der Waals surface area contributed by atoms with E-state index in [1.165, 1.54) is 0 Å². The molecule has 1 heterocycles. The Bertz CT molecular complexity index is 482. The van der Waals surface area contributed by atoms with E-state index >= 15 is 0 Å². The summed E-state index contributed by atoms with van der Waals surface area (Å²) in [5.41, 5.74) is 1.09. The molecular formula is C16H22N2O3. The van der Waals surface area contributed by atoms with Crippen molar-refractivity contribution in [2.24, 2.45) is 10.2 Å². The van der Waals surface area contributed by atoms with Crippen molar-refractivity contribution in [1.29, 1.82) is 0 Å². The number of nitrogens with zero attached hydrogens (tertiary/aromatic N) is 2. The average Bonchev–Trinajstić information content (AvgIpc) is 3.30. The first kappa shape index (κ1) is 15.5. The van der Waals surface area contributed by atoms with Gasteiger partial charge in [-0.1, -0.05) is 37.8 Å². The van der Waals surface area contributed by atoms with Crippen LogP contribution in [0.25, 0.3) is 0 Å². The van der Waals surface area contributed by atoms with Crippen molar-refractivity contribution in [3.63, 3.8) is 0 Å². The molecule has 1 N–H and O–H groups in total. The van der Waals surface area contributed by atoms with Gasteiger partial charge in [0.2, 0.25) is 6.17 Å². The van der Waals surface area contributed by atoms with Gasteiger partial charge in [0.25, 0.3) is 0 Å². The Morgan fingerprint density at radius 2 is 1.81 bits per heavy atom. The van der Waals surface area contributed by atoms with Gasteiger partial charge in [-0.2, -0.15) is 10.2 Å². The Morgan fingerprint density at radius 1 is 1.10 bits per heavy atom. The monoisotopic (exact) mass is 290 g/mol. The van der Waals surface area contributed by atoms with Crippen LogP contribution >= 0.6 is 0 Å². The number of aliphatic carboxylic acids is 1. The highest BCUT2D eigenvalue weighted by Gasteiger charge is 2.18. The molecule has 0 bridgehead atoms. The molecule has 2 rings (SSSR count). The lowest BCUT2D eigenvalue weighted by atomic mass is 10.1. The number of benzene rings is 1. The molecular weight excluding hydrogens is 268 g/mol. The first-order chi connectivity index (χ1) is 10.3. The molecule has 1 aromatic carbocycles. The number of hydrogen-bond donors (Lipinski definition) is 1. The Hall–Kier alpha value is -1.91. The lowest BCUT2D eigenvalue weighted by Crippen LogP contribution is -1.98. The number of carboxylic acid groups (broad SMARTS) is 1. The molecule has 0 aliphatic carbocycles. The van der Waals surface area contributed by atoms with Crippen LogP contribution in [-0.4, -0.2) is 17.7 Å². The van der Waals surface area contributed by atoms with Crippen molar-refractivity contribution in [2.45, 2.75) is 51.1 Å². The van der Waals surface area contributed by atoms with Crippen molar-refractivity contribution >= 4 is 5.97 Å². The fraction of sp³-hybridized carbons (Fsp3) is 0.562. The van der Waals surface area contributed by atoms with E-state index in [1.807, 2.05) is 24.3 Å². The van der Waals surface area contributed by atoms with Crippen LogP contribution in [0.2, 0.25) is 0 Å². The predicted molar refractivity (Wildman–Crippen MR) is 79.5 cm³/mol. The van der Waals surface area contributed by atoms with Crippen molar-refractivity contribution < 1.29 is 14.6 Å². The maximum Gasteiger partial charge on any atom is 0.303 e. The largest absolute Gasteiger partial charge is 0.494 e. The first-order valence-electron chi connectivity index (χ1n) is 7.60.